The van der Waals surface area contributed by atoms with Crippen molar-refractivity contribution in [3.8, 4) is 0 Å². The van der Waals surface area contributed by atoms with Gasteiger partial charge in [0.05, 0.1) is 18.8 Å². The first kappa shape index (κ1) is 20.2. The van der Waals surface area contributed by atoms with Crippen LogP contribution in [0.2, 0.25) is 0 Å². The molecule has 0 spiro atoms. The van der Waals surface area contributed by atoms with Gasteiger partial charge in [-0.2, -0.15) is 13.5 Å². The van der Waals surface area contributed by atoms with E-state index in [0.29, 0.717) is 0 Å². The van der Waals surface area contributed by atoms with Crippen LogP contribution in [0, 0.1) is 0 Å². The Balaban J connectivity index is -0.000000720. The van der Waals surface area contributed by atoms with E-state index in [1.54, 1.807) is 0 Å². The van der Waals surface area contributed by atoms with Crippen molar-refractivity contribution in [3.63, 3.8) is 0 Å². The minimum absolute atomic E-state index is 0. The van der Waals surface area contributed by atoms with Crippen LogP contribution in [0.15, 0.2) is 0 Å². The van der Waals surface area contributed by atoms with Gasteiger partial charge in [-0.1, -0.05) is 0 Å². The fraction of sp³-hybridized carbons (Fsp3) is 0.500. The molecule has 15 heavy (non-hydrogen) atoms. The second-order valence-electron chi connectivity index (χ2n) is 2.46. The van der Waals surface area contributed by atoms with Gasteiger partial charge in [-0.05, 0) is 0 Å². The summed E-state index contributed by atoms with van der Waals surface area (Å²) in [4.78, 5) is 30.3. The molecule has 82 valence electrons. The second-order valence-corrected chi connectivity index (χ2v) is 2.46. The van der Waals surface area contributed by atoms with E-state index in [2.05, 4.69) is 0 Å². The molecule has 7 nitrogen and oxygen atoms in total. The molecule has 0 aromatic heterocycles. The number of carbonyl (C=O) groups is 3. The number of hydrogen-bond donors (Lipinski definition) is 3. The second kappa shape index (κ2) is 7.94. The van der Waals surface area contributed by atoms with Crippen LogP contribution in [0.25, 0.3) is 0 Å². The zero-order valence-corrected chi connectivity index (χ0v) is 10.9. The van der Waals surface area contributed by atoms with E-state index in [1.807, 2.05) is 0 Å². The average Bonchev–Trinajstić information content (AvgIpc) is 1.82. The molecule has 0 radical (unpaired) electrons. The summed E-state index contributed by atoms with van der Waals surface area (Å²) in [7, 11) is 0. The third-order valence-corrected chi connectivity index (χ3v) is 1.27. The van der Waals surface area contributed by atoms with Crippen molar-refractivity contribution in [3.05, 3.63) is 0 Å². The van der Waals surface area contributed by atoms with Gasteiger partial charge < -0.3 is 25.2 Å². The van der Waals surface area contributed by atoms with Gasteiger partial charge in [-0.25, -0.2) is 0 Å². The minimum atomic E-state index is -2.85. The van der Waals surface area contributed by atoms with Crippen molar-refractivity contribution >= 4 is 31.4 Å². The zero-order valence-electron chi connectivity index (χ0n) is 7.89. The molecule has 9 heteroatoms. The number of carboxylic acids is 3. The Morgan fingerprint density at radius 3 is 1.47 bits per heavy atom. The molecule has 0 aliphatic carbocycles. The molecule has 0 fully saturated rings. The molecular weight excluding hydrogens is 239 g/mol. The average molecular weight is 248 g/mol. The molecule has 0 amide bonds. The molecule has 3 N–H and O–H groups in total. The van der Waals surface area contributed by atoms with Crippen LogP contribution in [0.3, 0.4) is 0 Å². The molecule has 0 unspecified atom stereocenters. The van der Waals surface area contributed by atoms with Crippen LogP contribution in [-0.4, -0.2) is 38.8 Å². The fourth-order valence-corrected chi connectivity index (χ4v) is 0.707. The molecule has 0 aromatic carbocycles. The SMILES string of the molecule is O=C(O)CC(O)(CC(=O)O)C(=O)[O-].S.[Na+]. The number of hydrogen-bond acceptors (Lipinski definition) is 5. The van der Waals surface area contributed by atoms with Crippen LogP contribution in [-0.2, 0) is 14.4 Å². The topological polar surface area (TPSA) is 135 Å². The zero-order chi connectivity index (χ0) is 10.6. The Kier molecular flexibility index (Phi) is 10.7. The van der Waals surface area contributed by atoms with Crippen LogP contribution in [0.5, 0.6) is 0 Å². The van der Waals surface area contributed by atoms with Crippen molar-refractivity contribution in [1.29, 1.82) is 0 Å². The first-order valence-corrected chi connectivity index (χ1v) is 3.15. The van der Waals surface area contributed by atoms with Gasteiger partial charge in [-0.3, -0.25) is 9.59 Å². The Morgan fingerprint density at radius 1 is 1.07 bits per heavy atom. The van der Waals surface area contributed by atoms with E-state index in [9.17, 15) is 19.5 Å². The number of carbonyl (C=O) groups excluding carboxylic acids is 1. The van der Waals surface area contributed by atoms with Crippen LogP contribution < -0.4 is 34.7 Å². The Labute approximate surface area is 114 Å². The molecule has 0 aromatic rings. The van der Waals surface area contributed by atoms with Gasteiger partial charge in [0.2, 0.25) is 0 Å². The summed E-state index contributed by atoms with van der Waals surface area (Å²) in [5.74, 6) is -5.35. The minimum Gasteiger partial charge on any atom is -0.547 e. The van der Waals surface area contributed by atoms with Gasteiger partial charge in [0.25, 0.3) is 0 Å². The predicted molar refractivity (Wildman–Crippen MR) is 44.8 cm³/mol. The quantitative estimate of drug-likeness (QED) is 0.413. The summed E-state index contributed by atoms with van der Waals surface area (Å²) >= 11 is 0. The summed E-state index contributed by atoms with van der Waals surface area (Å²) in [5, 5.41) is 35.5. The van der Waals surface area contributed by atoms with E-state index in [4.69, 9.17) is 15.3 Å². The summed E-state index contributed by atoms with van der Waals surface area (Å²) in [6.45, 7) is 0. The largest absolute Gasteiger partial charge is 1.00 e. The van der Waals surface area contributed by atoms with Crippen LogP contribution in [0.1, 0.15) is 12.8 Å². The van der Waals surface area contributed by atoms with Crippen molar-refractivity contribution in [1.82, 2.24) is 0 Å². The molecule has 0 heterocycles. The third kappa shape index (κ3) is 7.63. The smallest absolute Gasteiger partial charge is 0.547 e. The van der Waals surface area contributed by atoms with Gasteiger partial charge in [0.15, 0.2) is 0 Å². The standard InChI is InChI=1S/C6H8O7.Na.H2S/c7-3(8)1-6(13,5(11)12)2-4(9)10;;/h13H,1-2H2,(H,7,8)(H,9,10)(H,11,12);;1H2/q;+1;/p-1. The molecule has 0 aliphatic heterocycles. The van der Waals surface area contributed by atoms with Gasteiger partial charge in [-0.15, -0.1) is 0 Å². The molecule has 0 aliphatic rings. The van der Waals surface area contributed by atoms with E-state index in [-0.39, 0.29) is 43.1 Å². The number of carboxylic acid groups (broad SMARTS) is 3. The predicted octanol–water partition coefficient (Wildman–Crippen LogP) is -5.47. The van der Waals surface area contributed by atoms with E-state index in [0.717, 1.165) is 0 Å². The van der Waals surface area contributed by atoms with Crippen molar-refractivity contribution in [2.75, 3.05) is 0 Å². The van der Waals surface area contributed by atoms with Crippen molar-refractivity contribution in [2.24, 2.45) is 0 Å². The summed E-state index contributed by atoms with van der Waals surface area (Å²) in [6.07, 6.45) is -2.41. The Morgan fingerprint density at radius 2 is 1.33 bits per heavy atom. The molecule has 0 rings (SSSR count). The summed E-state index contributed by atoms with van der Waals surface area (Å²) < 4.78 is 0. The number of aliphatic carboxylic acids is 3. The van der Waals surface area contributed by atoms with Crippen LogP contribution >= 0.6 is 13.5 Å². The van der Waals surface area contributed by atoms with Gasteiger partial charge in [0, 0.05) is 0 Å². The van der Waals surface area contributed by atoms with Crippen molar-refractivity contribution < 1.29 is 64.4 Å². The van der Waals surface area contributed by atoms with Crippen molar-refractivity contribution in [2.45, 2.75) is 18.4 Å². The maximum absolute atomic E-state index is 10.2. The number of rotatable bonds is 5. The van der Waals surface area contributed by atoms with Gasteiger partial charge in [0.1, 0.15) is 5.60 Å². The van der Waals surface area contributed by atoms with E-state index < -0.39 is 36.4 Å². The third-order valence-electron chi connectivity index (χ3n) is 1.27. The normalized spacial score (nSPS) is 9.40. The molecule has 0 bridgehead atoms. The molecular formula is C6H9NaO7S. The maximum atomic E-state index is 10.2. The van der Waals surface area contributed by atoms with E-state index in [1.165, 1.54) is 0 Å². The van der Waals surface area contributed by atoms with E-state index >= 15 is 0 Å². The summed E-state index contributed by atoms with van der Waals surface area (Å²) in [6, 6.07) is 0. The molecule has 0 atom stereocenters. The Hall–Kier alpha value is -0.280. The van der Waals surface area contributed by atoms with Crippen LogP contribution in [0.4, 0.5) is 0 Å². The molecule has 0 saturated carbocycles. The molecule has 0 saturated heterocycles. The summed E-state index contributed by atoms with van der Waals surface area (Å²) in [5.41, 5.74) is -2.85. The maximum Gasteiger partial charge on any atom is 1.00 e. The fourth-order valence-electron chi connectivity index (χ4n) is 0.707. The first-order valence-electron chi connectivity index (χ1n) is 3.15. The first-order chi connectivity index (χ1) is 5.78. The monoisotopic (exact) mass is 248 g/mol. The van der Waals surface area contributed by atoms with Gasteiger partial charge >= 0.3 is 41.5 Å². The number of aliphatic hydroxyl groups is 1. The Bertz CT molecular complexity index is 238.